The Balaban J connectivity index is 1.67. The first-order chi connectivity index (χ1) is 17.0. The number of rotatable bonds is 7. The Morgan fingerprint density at radius 2 is 1.60 bits per heavy atom. The first-order valence-electron chi connectivity index (χ1n) is 11.1. The maximum Gasteiger partial charge on any atom is 0.273 e. The lowest BCUT2D eigenvalue weighted by Gasteiger charge is -2.27. The fraction of sp³-hybridized carbons (Fsp3) is 0.185. The van der Waals surface area contributed by atoms with Gasteiger partial charge < -0.3 is 24.2 Å². The fourth-order valence-electron chi connectivity index (χ4n) is 4.52. The molecular weight excluding hydrogens is 446 g/mol. The van der Waals surface area contributed by atoms with Gasteiger partial charge in [-0.15, -0.1) is 0 Å². The van der Waals surface area contributed by atoms with Gasteiger partial charge in [-0.3, -0.25) is 9.89 Å². The zero-order valence-electron chi connectivity index (χ0n) is 19.6. The van der Waals surface area contributed by atoms with Crippen molar-refractivity contribution in [2.24, 2.45) is 0 Å². The third kappa shape index (κ3) is 3.82. The summed E-state index contributed by atoms with van der Waals surface area (Å²) in [5.41, 5.74) is 4.48. The van der Waals surface area contributed by atoms with Gasteiger partial charge in [0.15, 0.2) is 11.5 Å². The molecule has 8 heteroatoms. The van der Waals surface area contributed by atoms with Gasteiger partial charge in [-0.25, -0.2) is 0 Å². The summed E-state index contributed by atoms with van der Waals surface area (Å²) in [7, 11) is 4.57. The molecule has 1 aliphatic heterocycles. The number of ether oxygens (including phenoxy) is 3. The third-order valence-corrected chi connectivity index (χ3v) is 6.24. The van der Waals surface area contributed by atoms with Crippen LogP contribution in [0.15, 0.2) is 66.7 Å². The molecule has 5 rings (SSSR count). The van der Waals surface area contributed by atoms with Gasteiger partial charge in [0.1, 0.15) is 11.4 Å². The number of hydrogen-bond donors (Lipinski definition) is 2. The van der Waals surface area contributed by atoms with Gasteiger partial charge in [0, 0.05) is 17.7 Å². The number of carbonyl (C=O) groups excluding carboxylic acids is 1. The van der Waals surface area contributed by atoms with Gasteiger partial charge in [0.05, 0.1) is 33.1 Å². The van der Waals surface area contributed by atoms with Crippen LogP contribution in [-0.2, 0) is 6.54 Å². The summed E-state index contributed by atoms with van der Waals surface area (Å²) >= 11 is 0. The van der Waals surface area contributed by atoms with Crippen LogP contribution in [0, 0.1) is 0 Å². The van der Waals surface area contributed by atoms with Gasteiger partial charge in [0.25, 0.3) is 5.91 Å². The molecule has 8 nitrogen and oxygen atoms in total. The van der Waals surface area contributed by atoms with Crippen molar-refractivity contribution in [3.8, 4) is 34.3 Å². The number of aromatic amines is 1. The fourth-order valence-corrected chi connectivity index (χ4v) is 4.52. The first-order valence-corrected chi connectivity index (χ1v) is 11.1. The predicted octanol–water partition coefficient (Wildman–Crippen LogP) is 4.55. The van der Waals surface area contributed by atoms with Crippen LogP contribution < -0.4 is 14.2 Å². The molecule has 0 saturated carbocycles. The number of methoxy groups -OCH3 is 3. The molecule has 1 aromatic heterocycles. The number of phenols is 1. The minimum Gasteiger partial charge on any atom is -0.502 e. The minimum atomic E-state index is -0.489. The lowest BCUT2D eigenvalue weighted by atomic mass is 9.95. The van der Waals surface area contributed by atoms with Crippen LogP contribution in [0.25, 0.3) is 11.3 Å². The van der Waals surface area contributed by atoms with Crippen LogP contribution in [0.1, 0.15) is 33.2 Å². The SMILES string of the molecule is COc1ccc(CN2C(=O)c3[nH]nc(-c4ccccc4)c3C2c2cc(OC)c(O)c(OC)c2)cc1. The number of amides is 1. The van der Waals surface area contributed by atoms with E-state index in [1.54, 1.807) is 24.1 Å². The van der Waals surface area contributed by atoms with Gasteiger partial charge in [-0.05, 0) is 35.4 Å². The maximum atomic E-state index is 13.6. The summed E-state index contributed by atoms with van der Waals surface area (Å²) in [6.07, 6.45) is 0. The van der Waals surface area contributed by atoms with Crippen LogP contribution in [0.5, 0.6) is 23.0 Å². The number of aromatic nitrogens is 2. The van der Waals surface area contributed by atoms with Gasteiger partial charge in [-0.2, -0.15) is 5.10 Å². The summed E-state index contributed by atoms with van der Waals surface area (Å²) in [5, 5.41) is 17.9. The number of nitrogens with zero attached hydrogens (tertiary/aromatic N) is 2. The summed E-state index contributed by atoms with van der Waals surface area (Å²) in [4.78, 5) is 15.4. The van der Waals surface area contributed by atoms with Gasteiger partial charge in [-0.1, -0.05) is 42.5 Å². The normalized spacial score (nSPS) is 14.7. The molecule has 0 saturated heterocycles. The molecule has 0 aliphatic carbocycles. The molecule has 0 fully saturated rings. The molecule has 178 valence electrons. The quantitative estimate of drug-likeness (QED) is 0.410. The number of benzene rings is 3. The van der Waals surface area contributed by atoms with E-state index in [-0.39, 0.29) is 23.2 Å². The predicted molar refractivity (Wildman–Crippen MR) is 130 cm³/mol. The molecule has 0 bridgehead atoms. The largest absolute Gasteiger partial charge is 0.502 e. The van der Waals surface area contributed by atoms with Crippen LogP contribution in [0.4, 0.5) is 0 Å². The third-order valence-electron chi connectivity index (χ3n) is 6.24. The van der Waals surface area contributed by atoms with Crippen molar-refractivity contribution in [3.05, 3.63) is 89.1 Å². The van der Waals surface area contributed by atoms with E-state index >= 15 is 0 Å². The molecule has 2 N–H and O–H groups in total. The molecule has 4 aromatic rings. The Labute approximate surface area is 202 Å². The molecule has 1 amide bonds. The van der Waals surface area contributed by atoms with Crippen LogP contribution >= 0.6 is 0 Å². The second-order valence-corrected chi connectivity index (χ2v) is 8.18. The average molecular weight is 472 g/mol. The maximum absolute atomic E-state index is 13.6. The summed E-state index contributed by atoms with van der Waals surface area (Å²) in [6.45, 7) is 0.357. The van der Waals surface area contributed by atoms with E-state index in [9.17, 15) is 9.90 Å². The molecule has 1 aliphatic rings. The zero-order chi connectivity index (χ0) is 24.5. The second kappa shape index (κ2) is 9.06. The highest BCUT2D eigenvalue weighted by Crippen LogP contribution is 2.47. The average Bonchev–Trinajstić information content (AvgIpc) is 3.44. The van der Waals surface area contributed by atoms with Gasteiger partial charge >= 0.3 is 0 Å². The number of carbonyl (C=O) groups is 1. The second-order valence-electron chi connectivity index (χ2n) is 8.18. The van der Waals surface area contributed by atoms with E-state index in [1.165, 1.54) is 14.2 Å². The van der Waals surface area contributed by atoms with Crippen molar-refractivity contribution < 1.29 is 24.1 Å². The van der Waals surface area contributed by atoms with E-state index in [0.29, 0.717) is 17.9 Å². The van der Waals surface area contributed by atoms with E-state index in [0.717, 1.165) is 28.0 Å². The topological polar surface area (TPSA) is 96.9 Å². The molecule has 1 unspecified atom stereocenters. The first kappa shape index (κ1) is 22.3. The standard InChI is InChI=1S/C27H25N3O5/c1-33-19-11-9-16(10-12-19)15-30-25(18-13-20(34-2)26(31)21(14-18)35-3)22-23(17-7-5-4-6-8-17)28-29-24(22)27(30)32/h4-14,25,31H,15H2,1-3H3,(H,28,29). The lowest BCUT2D eigenvalue weighted by Crippen LogP contribution is -2.29. The van der Waals surface area contributed by atoms with Crippen molar-refractivity contribution in [2.45, 2.75) is 12.6 Å². The Bertz CT molecular complexity index is 1340. The van der Waals surface area contributed by atoms with Crippen molar-refractivity contribution in [1.29, 1.82) is 0 Å². The highest BCUT2D eigenvalue weighted by atomic mass is 16.5. The van der Waals surface area contributed by atoms with Crippen LogP contribution in [0.3, 0.4) is 0 Å². The minimum absolute atomic E-state index is 0.0968. The smallest absolute Gasteiger partial charge is 0.273 e. The molecule has 2 heterocycles. The molecule has 3 aromatic carbocycles. The van der Waals surface area contributed by atoms with Gasteiger partial charge in [0.2, 0.25) is 5.75 Å². The zero-order valence-corrected chi connectivity index (χ0v) is 19.6. The summed E-state index contributed by atoms with van der Waals surface area (Å²) in [5.74, 6) is 0.998. The molecule has 1 atom stereocenters. The Morgan fingerprint density at radius 3 is 2.20 bits per heavy atom. The van der Waals surface area contributed by atoms with E-state index in [4.69, 9.17) is 14.2 Å². The van der Waals surface area contributed by atoms with Crippen molar-refractivity contribution in [1.82, 2.24) is 15.1 Å². The Morgan fingerprint density at radius 1 is 0.943 bits per heavy atom. The highest BCUT2D eigenvalue weighted by Gasteiger charge is 2.42. The van der Waals surface area contributed by atoms with Crippen molar-refractivity contribution in [3.63, 3.8) is 0 Å². The number of aromatic hydroxyl groups is 1. The number of phenolic OH excluding ortho intramolecular Hbond substituents is 1. The monoisotopic (exact) mass is 471 g/mol. The Hall–Kier alpha value is -4.46. The molecular formula is C27H25N3O5. The van der Waals surface area contributed by atoms with E-state index in [2.05, 4.69) is 10.2 Å². The highest BCUT2D eigenvalue weighted by molar-refractivity contribution is 6.00. The van der Waals surface area contributed by atoms with Crippen LogP contribution in [-0.4, -0.2) is 47.4 Å². The molecule has 35 heavy (non-hydrogen) atoms. The number of H-pyrrole nitrogens is 1. The van der Waals surface area contributed by atoms with Crippen molar-refractivity contribution >= 4 is 5.91 Å². The molecule has 0 radical (unpaired) electrons. The van der Waals surface area contributed by atoms with Crippen LogP contribution in [0.2, 0.25) is 0 Å². The van der Waals surface area contributed by atoms with E-state index in [1.807, 2.05) is 54.6 Å². The number of nitrogens with one attached hydrogen (secondary N) is 1. The lowest BCUT2D eigenvalue weighted by molar-refractivity contribution is 0.0729. The number of fused-ring (bicyclic) bond motifs is 1. The van der Waals surface area contributed by atoms with E-state index < -0.39 is 6.04 Å². The number of hydrogen-bond acceptors (Lipinski definition) is 6. The summed E-state index contributed by atoms with van der Waals surface area (Å²) < 4.78 is 16.1. The Kier molecular flexibility index (Phi) is 5.78. The van der Waals surface area contributed by atoms with Crippen molar-refractivity contribution in [2.75, 3.05) is 21.3 Å². The molecule has 0 spiro atoms. The summed E-state index contributed by atoms with van der Waals surface area (Å²) in [6, 6.07) is 20.3.